The third-order valence-electron chi connectivity index (χ3n) is 3.51. The highest BCUT2D eigenvalue weighted by molar-refractivity contribution is 9.11. The van der Waals surface area contributed by atoms with Gasteiger partial charge in [-0.2, -0.15) is 0 Å². The van der Waals surface area contributed by atoms with E-state index >= 15 is 0 Å². The standard InChI is InChI=1S/C17H17BrN2S/c1-2-8-20-17(12-10-16(18)21-11-12)14-5-3-7-15-13(14)6-4-9-19-15/h3-7,9-11,17,20H,2,8H2,1H3. The lowest BCUT2D eigenvalue weighted by molar-refractivity contribution is 0.603. The average Bonchev–Trinajstić information content (AvgIpc) is 2.94. The number of fused-ring (bicyclic) bond motifs is 1. The minimum absolute atomic E-state index is 0.209. The number of hydrogen-bond acceptors (Lipinski definition) is 3. The van der Waals surface area contributed by atoms with Crippen LogP contribution in [0.2, 0.25) is 0 Å². The molecular formula is C17H17BrN2S. The van der Waals surface area contributed by atoms with Gasteiger partial charge in [-0.15, -0.1) is 11.3 Å². The van der Waals surface area contributed by atoms with Gasteiger partial charge in [0, 0.05) is 11.6 Å². The summed E-state index contributed by atoms with van der Waals surface area (Å²) in [4.78, 5) is 4.47. The first-order valence-corrected chi connectivity index (χ1v) is 8.78. The highest BCUT2D eigenvalue weighted by Gasteiger charge is 2.17. The third kappa shape index (κ3) is 3.18. The molecule has 0 aliphatic heterocycles. The van der Waals surface area contributed by atoms with Crippen LogP contribution in [0.1, 0.15) is 30.5 Å². The summed E-state index contributed by atoms with van der Waals surface area (Å²) in [5.41, 5.74) is 3.64. The van der Waals surface area contributed by atoms with Gasteiger partial charge in [-0.3, -0.25) is 4.98 Å². The summed E-state index contributed by atoms with van der Waals surface area (Å²) in [5, 5.41) is 7.10. The quantitative estimate of drug-likeness (QED) is 0.680. The third-order valence-corrected chi connectivity index (χ3v) is 5.03. The van der Waals surface area contributed by atoms with Gasteiger partial charge < -0.3 is 5.32 Å². The molecule has 0 spiro atoms. The van der Waals surface area contributed by atoms with Crippen LogP contribution in [0.3, 0.4) is 0 Å². The lowest BCUT2D eigenvalue weighted by atomic mass is 9.97. The topological polar surface area (TPSA) is 24.9 Å². The van der Waals surface area contributed by atoms with E-state index in [-0.39, 0.29) is 6.04 Å². The fourth-order valence-electron chi connectivity index (χ4n) is 2.55. The highest BCUT2D eigenvalue weighted by atomic mass is 79.9. The summed E-state index contributed by atoms with van der Waals surface area (Å²) >= 11 is 5.30. The molecule has 0 radical (unpaired) electrons. The fraction of sp³-hybridized carbons (Fsp3) is 0.235. The number of thiophene rings is 1. The summed E-state index contributed by atoms with van der Waals surface area (Å²) < 4.78 is 1.17. The molecule has 0 saturated heterocycles. The number of nitrogens with one attached hydrogen (secondary N) is 1. The van der Waals surface area contributed by atoms with Gasteiger partial charge in [0.1, 0.15) is 0 Å². The molecule has 108 valence electrons. The summed E-state index contributed by atoms with van der Waals surface area (Å²) in [5.74, 6) is 0. The van der Waals surface area contributed by atoms with Gasteiger partial charge in [-0.25, -0.2) is 0 Å². The number of aromatic nitrogens is 1. The van der Waals surface area contributed by atoms with E-state index in [4.69, 9.17) is 0 Å². The van der Waals surface area contributed by atoms with Crippen LogP contribution >= 0.6 is 27.3 Å². The zero-order chi connectivity index (χ0) is 14.7. The number of pyridine rings is 1. The van der Waals surface area contributed by atoms with Gasteiger partial charge in [0.15, 0.2) is 0 Å². The Hall–Kier alpha value is -1.23. The van der Waals surface area contributed by atoms with Gasteiger partial charge in [-0.05, 0) is 63.6 Å². The van der Waals surface area contributed by atoms with Crippen LogP contribution in [0.25, 0.3) is 10.9 Å². The van der Waals surface area contributed by atoms with Gasteiger partial charge in [0.05, 0.1) is 15.3 Å². The second-order valence-electron chi connectivity index (χ2n) is 4.99. The van der Waals surface area contributed by atoms with Crippen molar-refractivity contribution in [1.29, 1.82) is 0 Å². The molecule has 0 fully saturated rings. The molecule has 1 N–H and O–H groups in total. The number of rotatable bonds is 5. The Morgan fingerprint density at radius 3 is 2.95 bits per heavy atom. The zero-order valence-corrected chi connectivity index (χ0v) is 14.2. The van der Waals surface area contributed by atoms with Crippen LogP contribution in [0, 0.1) is 0 Å². The largest absolute Gasteiger partial charge is 0.306 e. The number of benzene rings is 1. The first kappa shape index (κ1) is 14.7. The van der Waals surface area contributed by atoms with E-state index < -0.39 is 0 Å². The minimum atomic E-state index is 0.209. The Balaban J connectivity index is 2.09. The molecule has 0 amide bonds. The van der Waals surface area contributed by atoms with Crippen molar-refractivity contribution in [3.8, 4) is 0 Å². The first-order valence-electron chi connectivity index (χ1n) is 7.10. The maximum absolute atomic E-state index is 4.47. The van der Waals surface area contributed by atoms with Gasteiger partial charge in [-0.1, -0.05) is 25.1 Å². The van der Waals surface area contributed by atoms with Crippen LogP contribution in [-0.2, 0) is 0 Å². The lowest BCUT2D eigenvalue weighted by Gasteiger charge is -2.20. The molecule has 1 atom stereocenters. The van der Waals surface area contributed by atoms with Crippen LogP contribution in [0.15, 0.2) is 51.8 Å². The molecular weight excluding hydrogens is 344 g/mol. The van der Waals surface area contributed by atoms with E-state index in [2.05, 4.69) is 68.9 Å². The molecule has 3 rings (SSSR count). The predicted molar refractivity (Wildman–Crippen MR) is 93.9 cm³/mol. The predicted octanol–water partition coefficient (Wildman–Crippen LogP) is 5.15. The van der Waals surface area contributed by atoms with E-state index in [1.807, 2.05) is 12.3 Å². The second-order valence-corrected chi connectivity index (χ2v) is 7.28. The van der Waals surface area contributed by atoms with Crippen molar-refractivity contribution < 1.29 is 0 Å². The molecule has 1 unspecified atom stereocenters. The Morgan fingerprint density at radius 1 is 1.29 bits per heavy atom. The van der Waals surface area contributed by atoms with Crippen molar-refractivity contribution >= 4 is 38.2 Å². The van der Waals surface area contributed by atoms with Crippen molar-refractivity contribution in [2.45, 2.75) is 19.4 Å². The highest BCUT2D eigenvalue weighted by Crippen LogP contribution is 2.32. The van der Waals surface area contributed by atoms with Crippen molar-refractivity contribution in [2.75, 3.05) is 6.54 Å². The van der Waals surface area contributed by atoms with E-state index in [1.54, 1.807) is 11.3 Å². The molecule has 2 aromatic heterocycles. The average molecular weight is 361 g/mol. The van der Waals surface area contributed by atoms with E-state index in [9.17, 15) is 0 Å². The van der Waals surface area contributed by atoms with Gasteiger partial charge >= 0.3 is 0 Å². The molecule has 3 aromatic rings. The van der Waals surface area contributed by atoms with Crippen LogP contribution < -0.4 is 5.32 Å². The van der Waals surface area contributed by atoms with Crippen molar-refractivity contribution in [3.05, 3.63) is 62.9 Å². The van der Waals surface area contributed by atoms with Crippen LogP contribution in [0.4, 0.5) is 0 Å². The minimum Gasteiger partial charge on any atom is -0.306 e. The molecule has 21 heavy (non-hydrogen) atoms. The molecule has 1 aromatic carbocycles. The number of hydrogen-bond donors (Lipinski definition) is 1. The molecule has 2 nitrogen and oxygen atoms in total. The van der Waals surface area contributed by atoms with Gasteiger partial charge in [0.2, 0.25) is 0 Å². The molecule has 0 saturated carbocycles. The van der Waals surface area contributed by atoms with Gasteiger partial charge in [0.25, 0.3) is 0 Å². The van der Waals surface area contributed by atoms with E-state index in [0.29, 0.717) is 0 Å². The Labute approximate surface area is 137 Å². The molecule has 2 heterocycles. The SMILES string of the molecule is CCCNC(c1csc(Br)c1)c1cccc2ncccc12. The van der Waals surface area contributed by atoms with Crippen molar-refractivity contribution in [2.24, 2.45) is 0 Å². The maximum atomic E-state index is 4.47. The van der Waals surface area contributed by atoms with Crippen molar-refractivity contribution in [3.63, 3.8) is 0 Å². The Bertz CT molecular complexity index is 733. The number of halogens is 1. The van der Waals surface area contributed by atoms with E-state index in [1.165, 1.54) is 20.3 Å². The summed E-state index contributed by atoms with van der Waals surface area (Å²) in [7, 11) is 0. The smallest absolute Gasteiger partial charge is 0.0705 e. The molecule has 0 bridgehead atoms. The Kier molecular flexibility index (Phi) is 4.68. The monoisotopic (exact) mass is 360 g/mol. The molecule has 4 heteroatoms. The zero-order valence-electron chi connectivity index (χ0n) is 11.8. The fourth-order valence-corrected chi connectivity index (χ4v) is 3.75. The molecule has 0 aliphatic rings. The van der Waals surface area contributed by atoms with Crippen LogP contribution in [0.5, 0.6) is 0 Å². The summed E-state index contributed by atoms with van der Waals surface area (Å²) in [6.45, 7) is 3.19. The van der Waals surface area contributed by atoms with Crippen LogP contribution in [-0.4, -0.2) is 11.5 Å². The Morgan fingerprint density at radius 2 is 2.19 bits per heavy atom. The number of nitrogens with zero attached hydrogens (tertiary/aromatic N) is 1. The normalized spacial score (nSPS) is 12.7. The maximum Gasteiger partial charge on any atom is 0.0705 e. The summed E-state index contributed by atoms with van der Waals surface area (Å²) in [6, 6.07) is 12.9. The second kappa shape index (κ2) is 6.69. The first-order chi connectivity index (χ1) is 10.3. The van der Waals surface area contributed by atoms with Crippen molar-refractivity contribution in [1.82, 2.24) is 10.3 Å². The lowest BCUT2D eigenvalue weighted by Crippen LogP contribution is -2.23. The summed E-state index contributed by atoms with van der Waals surface area (Å²) in [6.07, 6.45) is 2.96. The van der Waals surface area contributed by atoms with E-state index in [0.717, 1.165) is 18.5 Å². The molecule has 0 aliphatic carbocycles.